The highest BCUT2D eigenvalue weighted by Gasteiger charge is 2.32. The first-order chi connectivity index (χ1) is 11.7. The third-order valence-corrected chi connectivity index (χ3v) is 5.07. The van der Waals surface area contributed by atoms with Crippen LogP contribution in [0.15, 0.2) is 0 Å². The van der Waals surface area contributed by atoms with Gasteiger partial charge in [-0.15, -0.1) is 11.3 Å². The molecule has 2 rings (SSSR count). The lowest BCUT2D eigenvalue weighted by atomic mass is 9.93. The number of aromatic carboxylic acids is 1. The number of carboxylic acid groups (broad SMARTS) is 1. The second kappa shape index (κ2) is 7.51. The number of amides is 2. The van der Waals surface area contributed by atoms with Crippen molar-refractivity contribution >= 4 is 34.1 Å². The zero-order valence-electron chi connectivity index (χ0n) is 14.4. The minimum atomic E-state index is -1.40. The zero-order chi connectivity index (χ0) is 18.8. The lowest BCUT2D eigenvalue weighted by Gasteiger charge is -2.30. The Morgan fingerprint density at radius 2 is 2.08 bits per heavy atom. The van der Waals surface area contributed by atoms with Crippen molar-refractivity contribution in [1.29, 1.82) is 0 Å². The van der Waals surface area contributed by atoms with Crippen LogP contribution in [0.4, 0.5) is 5.00 Å². The number of ether oxygens (including phenoxy) is 1. The summed E-state index contributed by atoms with van der Waals surface area (Å²) in [4.78, 5) is 37.8. The van der Waals surface area contributed by atoms with Crippen LogP contribution in [0.1, 0.15) is 41.6 Å². The predicted molar refractivity (Wildman–Crippen MR) is 89.2 cm³/mol. The molecule has 0 bridgehead atoms. The molecule has 25 heavy (non-hydrogen) atoms. The van der Waals surface area contributed by atoms with Crippen LogP contribution in [0.3, 0.4) is 0 Å². The topological polar surface area (TPSA) is 119 Å². The highest BCUT2D eigenvalue weighted by Crippen LogP contribution is 2.40. The summed E-state index contributed by atoms with van der Waals surface area (Å²) >= 11 is 1.07. The van der Waals surface area contributed by atoms with Gasteiger partial charge >= 0.3 is 11.8 Å². The Balaban J connectivity index is 2.28. The first-order valence-corrected chi connectivity index (χ1v) is 8.72. The minimum Gasteiger partial charge on any atom is -0.545 e. The van der Waals surface area contributed by atoms with Crippen LogP contribution in [0.25, 0.3) is 0 Å². The Labute approximate surface area is 149 Å². The average Bonchev–Trinajstić information content (AvgIpc) is 2.87. The third kappa shape index (κ3) is 4.17. The normalized spacial score (nSPS) is 15.4. The van der Waals surface area contributed by atoms with E-state index in [9.17, 15) is 19.5 Å². The molecule has 1 aromatic heterocycles. The van der Waals surface area contributed by atoms with Crippen molar-refractivity contribution in [2.45, 2.75) is 39.4 Å². The molecule has 2 N–H and O–H groups in total. The number of likely N-dealkylation sites (N-methyl/N-ethyl adjacent to an activating group) is 1. The van der Waals surface area contributed by atoms with Gasteiger partial charge in [-0.1, -0.05) is 0 Å². The number of carboxylic acids is 1. The summed E-state index contributed by atoms with van der Waals surface area (Å²) in [6, 6.07) is 0. The van der Waals surface area contributed by atoms with Gasteiger partial charge in [0.2, 0.25) is 0 Å². The second-order valence-electron chi connectivity index (χ2n) is 6.28. The smallest absolute Gasteiger partial charge is 0.314 e. The molecular formula is C16H21N2O6S-. The molecule has 1 aliphatic heterocycles. The van der Waals surface area contributed by atoms with Gasteiger partial charge in [-0.3, -0.25) is 9.59 Å². The number of thiophene rings is 1. The summed E-state index contributed by atoms with van der Waals surface area (Å²) in [5.74, 6) is -3.18. The van der Waals surface area contributed by atoms with Crippen molar-refractivity contribution in [3.05, 3.63) is 16.0 Å². The maximum atomic E-state index is 12.2. The van der Waals surface area contributed by atoms with Crippen LogP contribution in [0, 0.1) is 0 Å². The summed E-state index contributed by atoms with van der Waals surface area (Å²) in [5.41, 5.74) is -0.0374. The van der Waals surface area contributed by atoms with Gasteiger partial charge in [0.05, 0.1) is 24.8 Å². The Morgan fingerprint density at radius 3 is 2.64 bits per heavy atom. The molecule has 0 fully saturated rings. The quantitative estimate of drug-likeness (QED) is 0.691. The molecule has 1 aliphatic rings. The van der Waals surface area contributed by atoms with E-state index in [1.165, 1.54) is 4.90 Å². The molecule has 138 valence electrons. The van der Waals surface area contributed by atoms with Crippen molar-refractivity contribution in [2.24, 2.45) is 0 Å². The number of carbonyl (C=O) groups is 3. The van der Waals surface area contributed by atoms with Crippen LogP contribution >= 0.6 is 11.3 Å². The highest BCUT2D eigenvalue weighted by atomic mass is 32.1. The lowest BCUT2D eigenvalue weighted by Crippen LogP contribution is -2.41. The fraction of sp³-hybridized carbons (Fsp3) is 0.562. The van der Waals surface area contributed by atoms with Gasteiger partial charge in [-0.25, -0.2) is 0 Å². The van der Waals surface area contributed by atoms with E-state index in [1.807, 2.05) is 13.8 Å². The second-order valence-corrected chi connectivity index (χ2v) is 7.39. The molecule has 0 saturated heterocycles. The number of nitrogens with one attached hydrogen (secondary N) is 1. The molecule has 2 amide bonds. The molecule has 0 atom stereocenters. The Morgan fingerprint density at radius 1 is 1.40 bits per heavy atom. The highest BCUT2D eigenvalue weighted by molar-refractivity contribution is 7.17. The predicted octanol–water partition coefficient (Wildman–Crippen LogP) is -0.258. The summed E-state index contributed by atoms with van der Waals surface area (Å²) in [5, 5.41) is 23.0. The summed E-state index contributed by atoms with van der Waals surface area (Å²) in [6.45, 7) is 5.63. The Hall–Kier alpha value is -1.97. The van der Waals surface area contributed by atoms with E-state index in [0.29, 0.717) is 16.9 Å². The molecule has 0 saturated carbocycles. The fourth-order valence-electron chi connectivity index (χ4n) is 2.68. The van der Waals surface area contributed by atoms with Gasteiger partial charge in [0.25, 0.3) is 0 Å². The van der Waals surface area contributed by atoms with Crippen LogP contribution in [0.5, 0.6) is 0 Å². The molecule has 0 spiro atoms. The van der Waals surface area contributed by atoms with E-state index in [2.05, 4.69) is 5.32 Å². The standard InChI is InChI=1S/C16H22N2O6S/c1-4-18(5-6-19)14(21)12(20)17-13-11(15(22)23)9-7-16(2,3)24-8-10(9)25-13/h19H,4-8H2,1-3H3,(H,17,20)(H,22,23)/p-1. The largest absolute Gasteiger partial charge is 0.545 e. The number of anilines is 1. The summed E-state index contributed by atoms with van der Waals surface area (Å²) in [6.07, 6.45) is 0.373. The number of carbonyl (C=O) groups excluding carboxylic acids is 3. The fourth-order valence-corrected chi connectivity index (χ4v) is 3.80. The van der Waals surface area contributed by atoms with Crippen molar-refractivity contribution in [3.63, 3.8) is 0 Å². The number of fused-ring (bicyclic) bond motifs is 1. The molecule has 0 unspecified atom stereocenters. The maximum Gasteiger partial charge on any atom is 0.314 e. The molecule has 0 aromatic carbocycles. The van der Waals surface area contributed by atoms with Gasteiger partial charge in [0.1, 0.15) is 5.00 Å². The van der Waals surface area contributed by atoms with E-state index in [0.717, 1.165) is 11.3 Å². The Bertz CT molecular complexity index is 697. The van der Waals surface area contributed by atoms with Crippen molar-refractivity contribution < 1.29 is 29.3 Å². The maximum absolute atomic E-state index is 12.2. The van der Waals surface area contributed by atoms with E-state index in [-0.39, 0.29) is 36.9 Å². The van der Waals surface area contributed by atoms with E-state index in [1.54, 1.807) is 6.92 Å². The molecule has 0 radical (unpaired) electrons. The van der Waals surface area contributed by atoms with Crippen molar-refractivity contribution in [1.82, 2.24) is 4.90 Å². The zero-order valence-corrected chi connectivity index (χ0v) is 15.2. The number of nitrogens with zero attached hydrogens (tertiary/aromatic N) is 1. The van der Waals surface area contributed by atoms with Gasteiger partial charge in [0.15, 0.2) is 0 Å². The van der Waals surface area contributed by atoms with Gasteiger partial charge in [0, 0.05) is 30.0 Å². The first-order valence-electron chi connectivity index (χ1n) is 7.91. The van der Waals surface area contributed by atoms with E-state index < -0.39 is 23.4 Å². The van der Waals surface area contributed by atoms with Crippen molar-refractivity contribution in [2.75, 3.05) is 25.0 Å². The molecule has 9 heteroatoms. The number of hydrogen-bond donors (Lipinski definition) is 2. The molecule has 1 aromatic rings. The van der Waals surface area contributed by atoms with E-state index >= 15 is 0 Å². The number of hydrogen-bond acceptors (Lipinski definition) is 7. The molecule has 8 nitrogen and oxygen atoms in total. The van der Waals surface area contributed by atoms with Gasteiger partial charge < -0.3 is 30.0 Å². The van der Waals surface area contributed by atoms with E-state index in [4.69, 9.17) is 9.84 Å². The van der Waals surface area contributed by atoms with Crippen LogP contribution in [-0.4, -0.2) is 53.1 Å². The lowest BCUT2D eigenvalue weighted by molar-refractivity contribution is -0.255. The summed E-state index contributed by atoms with van der Waals surface area (Å²) < 4.78 is 5.66. The third-order valence-electron chi connectivity index (χ3n) is 3.95. The molecule has 2 heterocycles. The number of aliphatic hydroxyl groups excluding tert-OH is 1. The van der Waals surface area contributed by atoms with Crippen LogP contribution < -0.4 is 10.4 Å². The number of aliphatic hydroxyl groups is 1. The SMILES string of the molecule is CCN(CCO)C(=O)C(=O)Nc1sc2c(c1C(=O)[O-])CC(C)(C)OC2. The number of rotatable bonds is 5. The monoisotopic (exact) mass is 369 g/mol. The molecule has 0 aliphatic carbocycles. The van der Waals surface area contributed by atoms with Crippen LogP contribution in [0.2, 0.25) is 0 Å². The first kappa shape index (κ1) is 19.4. The minimum absolute atomic E-state index is 0.0269. The van der Waals surface area contributed by atoms with Gasteiger partial charge in [-0.2, -0.15) is 0 Å². The van der Waals surface area contributed by atoms with Crippen LogP contribution in [-0.2, 0) is 27.4 Å². The van der Waals surface area contributed by atoms with Crippen molar-refractivity contribution in [3.8, 4) is 0 Å². The average molecular weight is 369 g/mol. The summed E-state index contributed by atoms with van der Waals surface area (Å²) in [7, 11) is 0. The van der Waals surface area contributed by atoms with Gasteiger partial charge in [-0.05, 0) is 26.3 Å². The Kier molecular flexibility index (Phi) is 5.81. The molecular weight excluding hydrogens is 348 g/mol.